The zero-order valence-electron chi connectivity index (χ0n) is 14.4. The van der Waals surface area contributed by atoms with E-state index < -0.39 is 18.0 Å². The zero-order valence-corrected chi connectivity index (χ0v) is 14.4. The average Bonchev–Trinajstić information content (AvgIpc) is 3.17. The van der Waals surface area contributed by atoms with E-state index in [9.17, 15) is 18.0 Å². The number of alkyl halides is 3. The molecule has 1 unspecified atom stereocenters. The Bertz CT molecular complexity index is 751. The quantitative estimate of drug-likeness (QED) is 0.802. The standard InChI is InChI=1S/C17H19F3N4O3/c18-17(19,20)15-23-22-14(27-15)12-5-4-9-24(11-12)16(25)21-8-10-26-13-6-2-1-3-7-13/h1-3,6-7,12H,4-5,8-11H2,(H,21,25). The van der Waals surface area contributed by atoms with Gasteiger partial charge in [0.25, 0.3) is 0 Å². The number of ether oxygens (including phenoxy) is 1. The minimum Gasteiger partial charge on any atom is -0.492 e. The SMILES string of the molecule is O=C(NCCOc1ccccc1)N1CCCC(c2nnc(C(F)(F)F)o2)C1. The second-order valence-electron chi connectivity index (χ2n) is 6.12. The first kappa shape index (κ1) is 19.0. The molecule has 1 aromatic carbocycles. The maximum absolute atomic E-state index is 12.6. The first-order valence-electron chi connectivity index (χ1n) is 8.54. The number of likely N-dealkylation sites (tertiary alicyclic amines) is 1. The molecule has 0 saturated carbocycles. The Hall–Kier alpha value is -2.78. The molecule has 146 valence electrons. The number of urea groups is 1. The molecule has 0 radical (unpaired) electrons. The molecule has 1 saturated heterocycles. The predicted molar refractivity (Wildman–Crippen MR) is 88.2 cm³/mol. The summed E-state index contributed by atoms with van der Waals surface area (Å²) in [5, 5.41) is 9.28. The van der Waals surface area contributed by atoms with Gasteiger partial charge in [-0.25, -0.2) is 4.79 Å². The molecule has 7 nitrogen and oxygen atoms in total. The highest BCUT2D eigenvalue weighted by molar-refractivity contribution is 5.74. The van der Waals surface area contributed by atoms with E-state index in [-0.39, 0.29) is 18.5 Å². The van der Waals surface area contributed by atoms with Crippen molar-refractivity contribution < 1.29 is 27.1 Å². The Labute approximate surface area is 153 Å². The summed E-state index contributed by atoms with van der Waals surface area (Å²) in [6, 6.07) is 8.91. The molecule has 1 aromatic heterocycles. The number of nitrogens with zero attached hydrogens (tertiary/aromatic N) is 3. The Morgan fingerprint density at radius 1 is 1.30 bits per heavy atom. The highest BCUT2D eigenvalue weighted by Gasteiger charge is 2.39. The Morgan fingerprint density at radius 2 is 2.07 bits per heavy atom. The van der Waals surface area contributed by atoms with Crippen molar-refractivity contribution >= 4 is 6.03 Å². The fourth-order valence-corrected chi connectivity index (χ4v) is 2.83. The zero-order chi connectivity index (χ0) is 19.3. The number of nitrogens with one attached hydrogen (secondary N) is 1. The van der Waals surface area contributed by atoms with E-state index in [1.54, 1.807) is 0 Å². The highest BCUT2D eigenvalue weighted by atomic mass is 19.4. The molecule has 0 aliphatic carbocycles. The second kappa shape index (κ2) is 8.28. The summed E-state index contributed by atoms with van der Waals surface area (Å²) in [7, 11) is 0. The normalized spacial score (nSPS) is 17.6. The van der Waals surface area contributed by atoms with Crippen LogP contribution in [-0.2, 0) is 6.18 Å². The smallest absolute Gasteiger partial charge is 0.470 e. The van der Waals surface area contributed by atoms with Gasteiger partial charge in [0.1, 0.15) is 12.4 Å². The monoisotopic (exact) mass is 384 g/mol. The number of para-hydroxylation sites is 1. The van der Waals surface area contributed by atoms with Gasteiger partial charge in [0.15, 0.2) is 0 Å². The van der Waals surface area contributed by atoms with Gasteiger partial charge in [-0.05, 0) is 25.0 Å². The summed E-state index contributed by atoms with van der Waals surface area (Å²) in [6.45, 7) is 1.37. The van der Waals surface area contributed by atoms with Crippen LogP contribution in [0.15, 0.2) is 34.7 Å². The molecule has 2 aromatic rings. The van der Waals surface area contributed by atoms with Crippen LogP contribution >= 0.6 is 0 Å². The van der Waals surface area contributed by atoms with Crippen molar-refractivity contribution in [3.8, 4) is 5.75 Å². The van der Waals surface area contributed by atoms with Crippen molar-refractivity contribution in [2.45, 2.75) is 24.9 Å². The van der Waals surface area contributed by atoms with Crippen molar-refractivity contribution in [3.05, 3.63) is 42.1 Å². The van der Waals surface area contributed by atoms with Crippen LogP contribution in [0.3, 0.4) is 0 Å². The van der Waals surface area contributed by atoms with Gasteiger partial charge in [0, 0.05) is 13.1 Å². The molecule has 2 amide bonds. The molecule has 1 aliphatic rings. The number of piperidine rings is 1. The number of aromatic nitrogens is 2. The van der Waals surface area contributed by atoms with E-state index in [1.807, 2.05) is 30.3 Å². The van der Waals surface area contributed by atoms with Gasteiger partial charge in [0.05, 0.1) is 12.5 Å². The average molecular weight is 384 g/mol. The van der Waals surface area contributed by atoms with Gasteiger partial charge in [0.2, 0.25) is 5.89 Å². The lowest BCUT2D eigenvalue weighted by Gasteiger charge is -2.31. The van der Waals surface area contributed by atoms with Crippen LogP contribution < -0.4 is 10.1 Å². The summed E-state index contributed by atoms with van der Waals surface area (Å²) >= 11 is 0. The van der Waals surface area contributed by atoms with E-state index in [2.05, 4.69) is 15.5 Å². The third kappa shape index (κ3) is 5.11. The van der Waals surface area contributed by atoms with Crippen LogP contribution in [0.25, 0.3) is 0 Å². The van der Waals surface area contributed by atoms with Crippen LogP contribution in [-0.4, -0.2) is 47.4 Å². The molecule has 0 spiro atoms. The summed E-state index contributed by atoms with van der Waals surface area (Å²) in [5.41, 5.74) is 0. The van der Waals surface area contributed by atoms with E-state index in [1.165, 1.54) is 4.90 Å². The fourth-order valence-electron chi connectivity index (χ4n) is 2.83. The third-order valence-corrected chi connectivity index (χ3v) is 4.13. The number of benzene rings is 1. The van der Waals surface area contributed by atoms with Gasteiger partial charge < -0.3 is 19.4 Å². The summed E-state index contributed by atoms with van der Waals surface area (Å²) in [6.07, 6.45) is -3.45. The second-order valence-corrected chi connectivity index (χ2v) is 6.12. The Morgan fingerprint density at radius 3 is 2.78 bits per heavy atom. The van der Waals surface area contributed by atoms with Crippen LogP contribution in [0.1, 0.15) is 30.5 Å². The van der Waals surface area contributed by atoms with Crippen LogP contribution in [0.4, 0.5) is 18.0 Å². The first-order valence-corrected chi connectivity index (χ1v) is 8.54. The lowest BCUT2D eigenvalue weighted by atomic mass is 9.98. The number of carbonyl (C=O) groups is 1. The lowest BCUT2D eigenvalue weighted by molar-refractivity contribution is -0.157. The summed E-state index contributed by atoms with van der Waals surface area (Å²) in [5.74, 6) is -1.15. The molecular formula is C17H19F3N4O3. The first-order chi connectivity index (χ1) is 12.9. The van der Waals surface area contributed by atoms with Crippen molar-refractivity contribution in [2.24, 2.45) is 0 Å². The number of halogens is 3. The topological polar surface area (TPSA) is 80.5 Å². The molecule has 2 heterocycles. The maximum Gasteiger partial charge on any atom is 0.470 e. The van der Waals surface area contributed by atoms with Gasteiger partial charge >= 0.3 is 18.1 Å². The highest BCUT2D eigenvalue weighted by Crippen LogP contribution is 2.31. The third-order valence-electron chi connectivity index (χ3n) is 4.13. The molecule has 0 bridgehead atoms. The largest absolute Gasteiger partial charge is 0.492 e. The molecule has 1 fully saturated rings. The van der Waals surface area contributed by atoms with Crippen LogP contribution in [0.5, 0.6) is 5.75 Å². The van der Waals surface area contributed by atoms with Crippen molar-refractivity contribution in [3.63, 3.8) is 0 Å². The number of rotatable bonds is 5. The van der Waals surface area contributed by atoms with Gasteiger partial charge in [-0.15, -0.1) is 10.2 Å². The van der Waals surface area contributed by atoms with Crippen LogP contribution in [0.2, 0.25) is 0 Å². The fraction of sp³-hybridized carbons (Fsp3) is 0.471. The van der Waals surface area contributed by atoms with E-state index in [4.69, 9.17) is 9.15 Å². The Balaban J connectivity index is 1.47. The van der Waals surface area contributed by atoms with Gasteiger partial charge in [-0.3, -0.25) is 0 Å². The summed E-state index contributed by atoms with van der Waals surface area (Å²) in [4.78, 5) is 13.8. The molecule has 1 N–H and O–H groups in total. The Kier molecular flexibility index (Phi) is 5.82. The number of carbonyl (C=O) groups excluding carboxylic acids is 1. The maximum atomic E-state index is 12.6. The van der Waals surface area contributed by atoms with E-state index >= 15 is 0 Å². The minimum atomic E-state index is -4.67. The van der Waals surface area contributed by atoms with E-state index in [0.717, 1.165) is 0 Å². The molecule has 1 aliphatic heterocycles. The lowest BCUT2D eigenvalue weighted by Crippen LogP contribution is -2.46. The van der Waals surface area contributed by atoms with Gasteiger partial charge in [-0.2, -0.15) is 13.2 Å². The number of hydrogen-bond donors (Lipinski definition) is 1. The van der Waals surface area contributed by atoms with E-state index in [0.29, 0.717) is 38.3 Å². The number of amides is 2. The van der Waals surface area contributed by atoms with Crippen molar-refractivity contribution in [1.29, 1.82) is 0 Å². The molecule has 27 heavy (non-hydrogen) atoms. The minimum absolute atomic E-state index is 0.0905. The van der Waals surface area contributed by atoms with Crippen LogP contribution in [0, 0.1) is 0 Å². The molecule has 10 heteroatoms. The predicted octanol–water partition coefficient (Wildman–Crippen LogP) is 3.06. The van der Waals surface area contributed by atoms with Gasteiger partial charge in [-0.1, -0.05) is 18.2 Å². The molecular weight excluding hydrogens is 365 g/mol. The van der Waals surface area contributed by atoms with Crippen molar-refractivity contribution in [1.82, 2.24) is 20.4 Å². The molecule has 1 atom stereocenters. The number of hydrogen-bond acceptors (Lipinski definition) is 5. The summed E-state index contributed by atoms with van der Waals surface area (Å²) < 4.78 is 48.0. The van der Waals surface area contributed by atoms with Crippen molar-refractivity contribution in [2.75, 3.05) is 26.2 Å². The molecule has 3 rings (SSSR count).